The van der Waals surface area contributed by atoms with Crippen LogP contribution in [0.3, 0.4) is 0 Å². The van der Waals surface area contributed by atoms with Gasteiger partial charge in [0, 0.05) is 6.07 Å². The highest BCUT2D eigenvalue weighted by Gasteiger charge is 2.23. The first kappa shape index (κ1) is 19.1. The van der Waals surface area contributed by atoms with Gasteiger partial charge in [0.2, 0.25) is 0 Å². The number of nitrogens with one attached hydrogen (secondary N) is 1. The molecule has 0 aliphatic carbocycles. The lowest BCUT2D eigenvalue weighted by Crippen LogP contribution is -2.29. The third kappa shape index (κ3) is 4.35. The Kier molecular flexibility index (Phi) is 6.01. The van der Waals surface area contributed by atoms with Crippen molar-refractivity contribution in [2.75, 3.05) is 6.61 Å². The molecule has 6 nitrogen and oxygen atoms in total. The number of hydrogen-bond donors (Lipinski definition) is 1. The van der Waals surface area contributed by atoms with E-state index in [9.17, 15) is 14.9 Å². The second kappa shape index (κ2) is 8.81. The Morgan fingerprint density at radius 3 is 2.21 bits per heavy atom. The molecule has 142 valence electrons. The number of rotatable bonds is 7. The molecule has 28 heavy (non-hydrogen) atoms. The van der Waals surface area contributed by atoms with Crippen LogP contribution in [-0.4, -0.2) is 17.4 Å². The van der Waals surface area contributed by atoms with E-state index in [1.807, 2.05) is 61.5 Å². The fourth-order valence-electron chi connectivity index (χ4n) is 2.96. The van der Waals surface area contributed by atoms with Gasteiger partial charge in [-0.2, -0.15) is 0 Å². The molecule has 1 atom stereocenters. The zero-order valence-electron chi connectivity index (χ0n) is 15.4. The lowest BCUT2D eigenvalue weighted by molar-refractivity contribution is -0.385. The minimum absolute atomic E-state index is 0.0272. The quantitative estimate of drug-likeness (QED) is 0.486. The zero-order valence-corrected chi connectivity index (χ0v) is 15.4. The molecule has 0 saturated carbocycles. The summed E-state index contributed by atoms with van der Waals surface area (Å²) in [6.45, 7) is 2.48. The topological polar surface area (TPSA) is 81.5 Å². The molecule has 0 saturated heterocycles. The normalized spacial score (nSPS) is 11.5. The van der Waals surface area contributed by atoms with Crippen molar-refractivity contribution in [3.05, 3.63) is 106 Å². The summed E-state index contributed by atoms with van der Waals surface area (Å²) in [5.41, 5.74) is 1.53. The van der Waals surface area contributed by atoms with Gasteiger partial charge in [-0.05, 0) is 36.2 Å². The number of benzene rings is 3. The Balaban J connectivity index is 1.94. The van der Waals surface area contributed by atoms with Crippen molar-refractivity contribution in [2.45, 2.75) is 13.0 Å². The number of nitrogens with zero attached hydrogens (tertiary/aromatic N) is 1. The van der Waals surface area contributed by atoms with Gasteiger partial charge in [0.1, 0.15) is 11.3 Å². The van der Waals surface area contributed by atoms with Gasteiger partial charge in [-0.15, -0.1) is 0 Å². The Morgan fingerprint density at radius 1 is 0.964 bits per heavy atom. The van der Waals surface area contributed by atoms with Gasteiger partial charge in [-0.1, -0.05) is 54.6 Å². The maximum Gasteiger partial charge on any atom is 0.282 e. The third-order valence-electron chi connectivity index (χ3n) is 4.28. The van der Waals surface area contributed by atoms with Crippen LogP contribution in [0.5, 0.6) is 5.75 Å². The highest BCUT2D eigenvalue weighted by molar-refractivity contribution is 5.98. The van der Waals surface area contributed by atoms with Crippen molar-refractivity contribution in [3.8, 4) is 5.75 Å². The van der Waals surface area contributed by atoms with Crippen LogP contribution >= 0.6 is 0 Å². The molecule has 0 radical (unpaired) electrons. The number of carbonyl (C=O) groups excluding carboxylic acids is 1. The van der Waals surface area contributed by atoms with Crippen molar-refractivity contribution < 1.29 is 14.5 Å². The van der Waals surface area contributed by atoms with E-state index in [1.165, 1.54) is 18.2 Å². The molecule has 1 amide bonds. The Labute approximate surface area is 162 Å². The van der Waals surface area contributed by atoms with E-state index < -0.39 is 16.9 Å². The Morgan fingerprint density at radius 2 is 1.57 bits per heavy atom. The summed E-state index contributed by atoms with van der Waals surface area (Å²) in [5, 5.41) is 14.2. The Bertz CT molecular complexity index is 956. The van der Waals surface area contributed by atoms with E-state index in [0.717, 1.165) is 16.9 Å². The average Bonchev–Trinajstić information content (AvgIpc) is 2.73. The van der Waals surface area contributed by atoms with Gasteiger partial charge in [-0.25, -0.2) is 0 Å². The van der Waals surface area contributed by atoms with E-state index in [-0.39, 0.29) is 11.3 Å². The summed E-state index contributed by atoms with van der Waals surface area (Å²) < 4.78 is 5.48. The number of nitro groups is 1. The van der Waals surface area contributed by atoms with Gasteiger partial charge in [0.25, 0.3) is 11.6 Å². The molecule has 0 bridgehead atoms. The molecule has 0 spiro atoms. The van der Waals surface area contributed by atoms with Crippen LogP contribution in [0.1, 0.15) is 34.5 Å². The van der Waals surface area contributed by atoms with E-state index in [2.05, 4.69) is 5.32 Å². The van der Waals surface area contributed by atoms with Crippen LogP contribution in [0.2, 0.25) is 0 Å². The third-order valence-corrected chi connectivity index (χ3v) is 4.28. The lowest BCUT2D eigenvalue weighted by Gasteiger charge is -2.20. The molecule has 0 fully saturated rings. The van der Waals surface area contributed by atoms with Crippen LogP contribution in [0.4, 0.5) is 5.69 Å². The molecule has 3 aromatic carbocycles. The Hall–Kier alpha value is -3.67. The molecule has 0 heterocycles. The second-order valence-electron chi connectivity index (χ2n) is 6.09. The molecular formula is C22H20N2O4. The van der Waals surface area contributed by atoms with Crippen LogP contribution in [-0.2, 0) is 0 Å². The second-order valence-corrected chi connectivity index (χ2v) is 6.09. The van der Waals surface area contributed by atoms with Gasteiger partial charge in [0.15, 0.2) is 0 Å². The van der Waals surface area contributed by atoms with Crippen LogP contribution in [0, 0.1) is 10.1 Å². The molecule has 3 rings (SSSR count). The van der Waals surface area contributed by atoms with E-state index in [4.69, 9.17) is 4.74 Å². The van der Waals surface area contributed by atoms with Crippen molar-refractivity contribution in [1.82, 2.24) is 5.32 Å². The molecule has 0 aliphatic heterocycles. The van der Waals surface area contributed by atoms with Crippen molar-refractivity contribution >= 4 is 11.6 Å². The van der Waals surface area contributed by atoms with Crippen LogP contribution in [0.15, 0.2) is 78.9 Å². The smallest absolute Gasteiger partial charge is 0.282 e. The van der Waals surface area contributed by atoms with Crippen LogP contribution in [0.25, 0.3) is 0 Å². The fraction of sp³-hybridized carbons (Fsp3) is 0.136. The van der Waals surface area contributed by atoms with Crippen molar-refractivity contribution in [3.63, 3.8) is 0 Å². The highest BCUT2D eigenvalue weighted by Crippen LogP contribution is 2.26. The van der Waals surface area contributed by atoms with E-state index in [1.54, 1.807) is 6.07 Å². The van der Waals surface area contributed by atoms with Crippen molar-refractivity contribution in [1.29, 1.82) is 0 Å². The predicted molar refractivity (Wildman–Crippen MR) is 106 cm³/mol. The first-order chi connectivity index (χ1) is 13.6. The molecule has 0 unspecified atom stereocenters. The summed E-state index contributed by atoms with van der Waals surface area (Å²) in [5.74, 6) is 0.234. The first-order valence-electron chi connectivity index (χ1n) is 8.92. The molecule has 0 aliphatic rings. The molecule has 6 heteroatoms. The number of hydrogen-bond acceptors (Lipinski definition) is 4. The maximum atomic E-state index is 12.9. The van der Waals surface area contributed by atoms with E-state index in [0.29, 0.717) is 6.61 Å². The number of carbonyl (C=O) groups is 1. The molecule has 0 aromatic heterocycles. The van der Waals surface area contributed by atoms with Gasteiger partial charge >= 0.3 is 0 Å². The number of ether oxygens (including phenoxy) is 1. The average molecular weight is 376 g/mol. The highest BCUT2D eigenvalue weighted by atomic mass is 16.6. The predicted octanol–water partition coefficient (Wildman–Crippen LogP) is 4.51. The van der Waals surface area contributed by atoms with Gasteiger partial charge < -0.3 is 10.1 Å². The monoisotopic (exact) mass is 376 g/mol. The maximum absolute atomic E-state index is 12.9. The number of amides is 1. The fourth-order valence-corrected chi connectivity index (χ4v) is 2.96. The summed E-state index contributed by atoms with van der Waals surface area (Å²) in [6.07, 6.45) is 0. The number of para-hydroxylation sites is 1. The summed E-state index contributed by atoms with van der Waals surface area (Å²) in [6, 6.07) is 22.4. The molecule has 1 N–H and O–H groups in total. The molecular weight excluding hydrogens is 356 g/mol. The molecule has 3 aromatic rings. The minimum Gasteiger partial charge on any atom is -0.494 e. The summed E-state index contributed by atoms with van der Waals surface area (Å²) in [4.78, 5) is 23.6. The largest absolute Gasteiger partial charge is 0.494 e. The summed E-state index contributed by atoms with van der Waals surface area (Å²) in [7, 11) is 0. The lowest BCUT2D eigenvalue weighted by atomic mass is 9.98. The first-order valence-corrected chi connectivity index (χ1v) is 8.92. The van der Waals surface area contributed by atoms with Crippen molar-refractivity contribution in [2.24, 2.45) is 0 Å². The van der Waals surface area contributed by atoms with Gasteiger partial charge in [-0.3, -0.25) is 14.9 Å². The number of nitro benzene ring substituents is 1. The minimum atomic E-state index is -0.552. The standard InChI is InChI=1S/C22H20N2O4/c1-2-28-18-14-12-17(13-15-18)21(16-8-4-3-5-9-16)23-22(25)19-10-6-7-11-20(19)24(26)27/h3-15,21H,2H2,1H3,(H,23,25)/t21-/m1/s1. The zero-order chi connectivity index (χ0) is 19.9. The van der Waals surface area contributed by atoms with E-state index >= 15 is 0 Å². The van der Waals surface area contributed by atoms with Crippen LogP contribution < -0.4 is 10.1 Å². The summed E-state index contributed by atoms with van der Waals surface area (Å²) >= 11 is 0. The SMILES string of the molecule is CCOc1ccc([C@H](NC(=O)c2ccccc2[N+](=O)[O-])c2ccccc2)cc1. The van der Waals surface area contributed by atoms with Gasteiger partial charge in [0.05, 0.1) is 17.6 Å².